The van der Waals surface area contributed by atoms with Gasteiger partial charge in [-0.3, -0.25) is 20.4 Å². The van der Waals surface area contributed by atoms with E-state index in [0.29, 0.717) is 31.4 Å². The first-order valence-electron chi connectivity index (χ1n) is 14.9. The highest BCUT2D eigenvalue weighted by atomic mass is 16.6. The summed E-state index contributed by atoms with van der Waals surface area (Å²) in [6.07, 6.45) is 0.769. The van der Waals surface area contributed by atoms with E-state index < -0.39 is 35.0 Å². The molecule has 44 heavy (non-hydrogen) atoms. The number of hydrogen-bond donors (Lipinski definition) is 2. The summed E-state index contributed by atoms with van der Waals surface area (Å²) in [6, 6.07) is 12.9. The smallest absolute Gasteiger partial charge is 0.413 e. The second-order valence-corrected chi connectivity index (χ2v) is 14.0. The van der Waals surface area contributed by atoms with Crippen molar-refractivity contribution in [1.29, 1.82) is 5.41 Å². The number of benzene rings is 2. The predicted octanol–water partition coefficient (Wildman–Crippen LogP) is 6.55. The minimum absolute atomic E-state index is 0.0453. The standard InChI is InChI=1S/C34H47N3O7/c1-32(2,3)42-28(38)20-37(31(40)44-34(7,8)9)26-16-14-25-19-27(17-15-24(25)18-26)41-21-22-10-12-23(13-11-22)29(35)36-30(39)43-33(4,5)6/h10-13,15,17,19,26H,14,16,18,20-21H2,1-9H3,(H2,35,36,39). The summed E-state index contributed by atoms with van der Waals surface area (Å²) in [4.78, 5) is 39.3. The predicted molar refractivity (Wildman–Crippen MR) is 168 cm³/mol. The molecular weight excluding hydrogens is 562 g/mol. The maximum atomic E-state index is 13.1. The largest absolute Gasteiger partial charge is 0.489 e. The zero-order valence-electron chi connectivity index (χ0n) is 27.5. The lowest BCUT2D eigenvalue weighted by molar-refractivity contribution is -0.156. The lowest BCUT2D eigenvalue weighted by atomic mass is 9.87. The molecule has 0 fully saturated rings. The first kappa shape index (κ1) is 34.4. The molecule has 1 aliphatic carbocycles. The first-order chi connectivity index (χ1) is 20.3. The average molecular weight is 610 g/mol. The highest BCUT2D eigenvalue weighted by Gasteiger charge is 2.34. The topological polar surface area (TPSA) is 127 Å². The first-order valence-corrected chi connectivity index (χ1v) is 14.9. The van der Waals surface area contributed by atoms with Crippen molar-refractivity contribution in [1.82, 2.24) is 10.2 Å². The van der Waals surface area contributed by atoms with Crippen LogP contribution in [0.1, 0.15) is 91.0 Å². The molecular formula is C34H47N3O7. The molecule has 10 heteroatoms. The monoisotopic (exact) mass is 609 g/mol. The molecule has 2 aromatic carbocycles. The van der Waals surface area contributed by atoms with E-state index in [1.807, 2.05) is 30.3 Å². The number of rotatable bonds is 7. The minimum atomic E-state index is -0.693. The van der Waals surface area contributed by atoms with Crippen LogP contribution in [-0.4, -0.2) is 58.3 Å². The summed E-state index contributed by atoms with van der Waals surface area (Å²) < 4.78 is 22.4. The molecule has 1 atom stereocenters. The fourth-order valence-corrected chi connectivity index (χ4v) is 4.66. The van der Waals surface area contributed by atoms with Crippen molar-refractivity contribution in [3.8, 4) is 5.75 Å². The van der Waals surface area contributed by atoms with Gasteiger partial charge in [-0.2, -0.15) is 0 Å². The van der Waals surface area contributed by atoms with Gasteiger partial charge < -0.3 is 18.9 Å². The quantitative estimate of drug-likeness (QED) is 0.158. The Morgan fingerprint density at radius 1 is 0.841 bits per heavy atom. The van der Waals surface area contributed by atoms with Gasteiger partial charge in [-0.1, -0.05) is 30.3 Å². The molecule has 0 saturated heterocycles. The van der Waals surface area contributed by atoms with Crippen LogP contribution in [0.25, 0.3) is 0 Å². The molecule has 0 spiro atoms. The van der Waals surface area contributed by atoms with Crippen LogP contribution in [0.2, 0.25) is 0 Å². The van der Waals surface area contributed by atoms with Crippen LogP contribution in [0.4, 0.5) is 9.59 Å². The van der Waals surface area contributed by atoms with Crippen LogP contribution in [0.3, 0.4) is 0 Å². The molecule has 0 saturated carbocycles. The van der Waals surface area contributed by atoms with Gasteiger partial charge in [0.15, 0.2) is 0 Å². The molecule has 240 valence electrons. The number of hydrogen-bond acceptors (Lipinski definition) is 8. The van der Waals surface area contributed by atoms with E-state index >= 15 is 0 Å². The lowest BCUT2D eigenvalue weighted by Gasteiger charge is -2.36. The van der Waals surface area contributed by atoms with E-state index in [0.717, 1.165) is 22.4 Å². The summed E-state index contributed by atoms with van der Waals surface area (Å²) in [6.45, 7) is 16.2. The number of amidine groups is 1. The Hall–Kier alpha value is -4.08. The molecule has 2 amide bonds. The number of nitrogens with one attached hydrogen (secondary N) is 2. The van der Waals surface area contributed by atoms with Crippen LogP contribution in [-0.2, 0) is 38.5 Å². The van der Waals surface area contributed by atoms with Crippen molar-refractivity contribution in [2.75, 3.05) is 6.54 Å². The number of nitrogens with zero attached hydrogens (tertiary/aromatic N) is 1. The van der Waals surface area contributed by atoms with Crippen molar-refractivity contribution in [2.24, 2.45) is 0 Å². The SMILES string of the molecule is CC(C)(C)OC(=O)CN(C(=O)OC(C)(C)C)C1CCc2cc(OCc3ccc(C(=N)NC(=O)OC(C)(C)C)cc3)ccc2C1. The second kappa shape index (κ2) is 13.7. The molecule has 2 aromatic rings. The van der Waals surface area contributed by atoms with Crippen molar-refractivity contribution in [3.05, 3.63) is 64.7 Å². The number of amides is 2. The summed E-state index contributed by atoms with van der Waals surface area (Å²) in [7, 11) is 0. The van der Waals surface area contributed by atoms with Gasteiger partial charge in [0, 0.05) is 11.6 Å². The summed E-state index contributed by atoms with van der Waals surface area (Å²) >= 11 is 0. The van der Waals surface area contributed by atoms with Crippen molar-refractivity contribution in [2.45, 2.75) is 111 Å². The zero-order valence-corrected chi connectivity index (χ0v) is 27.5. The Morgan fingerprint density at radius 3 is 2.05 bits per heavy atom. The Labute approximate surface area is 260 Å². The fourth-order valence-electron chi connectivity index (χ4n) is 4.66. The second-order valence-electron chi connectivity index (χ2n) is 14.0. The van der Waals surface area contributed by atoms with Crippen molar-refractivity contribution >= 4 is 24.0 Å². The normalized spacial score (nSPS) is 15.0. The maximum Gasteiger partial charge on any atom is 0.413 e. The molecule has 0 radical (unpaired) electrons. The van der Waals surface area contributed by atoms with Gasteiger partial charge in [-0.05, 0) is 110 Å². The van der Waals surface area contributed by atoms with Crippen LogP contribution in [0.15, 0.2) is 42.5 Å². The number of carbonyl (C=O) groups excluding carboxylic acids is 3. The number of aryl methyl sites for hydroxylation is 1. The Balaban J connectivity index is 1.62. The number of esters is 1. The van der Waals surface area contributed by atoms with E-state index in [9.17, 15) is 14.4 Å². The fraction of sp³-hybridized carbons (Fsp3) is 0.529. The summed E-state index contributed by atoms with van der Waals surface area (Å²) in [5, 5.41) is 10.6. The van der Waals surface area contributed by atoms with Gasteiger partial charge in [0.05, 0.1) is 0 Å². The number of alkyl carbamates (subject to hydrolysis) is 1. The number of ether oxygens (including phenoxy) is 4. The third-order valence-corrected chi connectivity index (χ3v) is 6.44. The highest BCUT2D eigenvalue weighted by Crippen LogP contribution is 2.29. The molecule has 0 aliphatic heterocycles. The van der Waals surface area contributed by atoms with Gasteiger partial charge in [-0.15, -0.1) is 0 Å². The van der Waals surface area contributed by atoms with E-state index in [2.05, 4.69) is 5.32 Å². The Morgan fingerprint density at radius 2 is 1.45 bits per heavy atom. The Bertz CT molecular complexity index is 1350. The summed E-state index contributed by atoms with van der Waals surface area (Å²) in [5.74, 6) is 0.210. The van der Waals surface area contributed by atoms with E-state index in [1.54, 1.807) is 74.4 Å². The van der Waals surface area contributed by atoms with Crippen LogP contribution >= 0.6 is 0 Å². The van der Waals surface area contributed by atoms with Gasteiger partial charge in [0.25, 0.3) is 0 Å². The van der Waals surface area contributed by atoms with Gasteiger partial charge >= 0.3 is 18.2 Å². The molecule has 3 rings (SSSR count). The van der Waals surface area contributed by atoms with Crippen LogP contribution in [0, 0.1) is 5.41 Å². The molecule has 1 aliphatic rings. The molecule has 0 aromatic heterocycles. The highest BCUT2D eigenvalue weighted by molar-refractivity contribution is 6.04. The summed E-state index contributed by atoms with van der Waals surface area (Å²) in [5.41, 5.74) is 1.69. The number of fused-ring (bicyclic) bond motifs is 1. The number of carbonyl (C=O) groups is 3. The van der Waals surface area contributed by atoms with E-state index in [1.165, 1.54) is 4.90 Å². The molecule has 10 nitrogen and oxygen atoms in total. The Kier molecular flexibility index (Phi) is 10.7. The van der Waals surface area contributed by atoms with Crippen LogP contribution in [0.5, 0.6) is 5.75 Å². The average Bonchev–Trinajstić information content (AvgIpc) is 2.87. The minimum Gasteiger partial charge on any atom is -0.489 e. The third-order valence-electron chi connectivity index (χ3n) is 6.44. The van der Waals surface area contributed by atoms with Gasteiger partial charge in [-0.25, -0.2) is 9.59 Å². The van der Waals surface area contributed by atoms with Gasteiger partial charge in [0.2, 0.25) is 0 Å². The van der Waals surface area contributed by atoms with Crippen LogP contribution < -0.4 is 10.1 Å². The van der Waals surface area contributed by atoms with E-state index in [-0.39, 0.29) is 18.4 Å². The third kappa shape index (κ3) is 11.2. The molecule has 0 bridgehead atoms. The molecule has 1 unspecified atom stereocenters. The van der Waals surface area contributed by atoms with Gasteiger partial charge in [0.1, 0.15) is 41.5 Å². The molecule has 0 heterocycles. The zero-order chi connectivity index (χ0) is 32.9. The lowest BCUT2D eigenvalue weighted by Crippen LogP contribution is -2.49. The van der Waals surface area contributed by atoms with Crippen molar-refractivity contribution in [3.63, 3.8) is 0 Å². The maximum absolute atomic E-state index is 13.1. The molecule has 2 N–H and O–H groups in total. The van der Waals surface area contributed by atoms with Crippen molar-refractivity contribution < 1.29 is 33.3 Å². The van der Waals surface area contributed by atoms with E-state index in [4.69, 9.17) is 24.4 Å².